The predicted molar refractivity (Wildman–Crippen MR) is 78.6 cm³/mol. The van der Waals surface area contributed by atoms with Crippen LogP contribution in [0.25, 0.3) is 0 Å². The molecule has 2 aromatic rings. The van der Waals surface area contributed by atoms with Crippen molar-refractivity contribution in [1.29, 1.82) is 0 Å². The largest absolute Gasteiger partial charge is 0.339 e. The van der Waals surface area contributed by atoms with Crippen molar-refractivity contribution in [2.24, 2.45) is 5.73 Å². The van der Waals surface area contributed by atoms with Crippen molar-refractivity contribution < 1.29 is 4.52 Å². The zero-order chi connectivity index (χ0) is 13.8. The Kier molecular flexibility index (Phi) is 4.44. The summed E-state index contributed by atoms with van der Waals surface area (Å²) in [6.45, 7) is 3.08. The molecular weight excluding hydrogens is 272 g/mol. The fourth-order valence-electron chi connectivity index (χ4n) is 2.56. The maximum Gasteiger partial charge on any atom is 0.231 e. The second-order valence-electron chi connectivity index (χ2n) is 5.32. The van der Waals surface area contributed by atoms with Crippen LogP contribution in [0.2, 0.25) is 0 Å². The Balaban J connectivity index is 1.57. The molecule has 0 amide bonds. The van der Waals surface area contributed by atoms with Gasteiger partial charge in [-0.1, -0.05) is 11.6 Å². The van der Waals surface area contributed by atoms with Gasteiger partial charge in [0.2, 0.25) is 5.89 Å². The molecule has 0 aromatic carbocycles. The van der Waals surface area contributed by atoms with Crippen molar-refractivity contribution in [2.45, 2.75) is 31.7 Å². The third-order valence-electron chi connectivity index (χ3n) is 3.65. The predicted octanol–water partition coefficient (Wildman–Crippen LogP) is 2.21. The standard InChI is InChI=1S/C14H20N4OS/c15-12(9-18-5-2-1-3-6-18)14-16-13(19-17-14)8-11-4-7-20-10-11/h4,7,10,12H,1-3,5-6,8-9,15H2. The molecule has 2 aromatic heterocycles. The van der Waals surface area contributed by atoms with Crippen LogP contribution in [0.5, 0.6) is 0 Å². The first kappa shape index (κ1) is 13.7. The highest BCUT2D eigenvalue weighted by atomic mass is 32.1. The van der Waals surface area contributed by atoms with E-state index in [1.54, 1.807) is 11.3 Å². The summed E-state index contributed by atoms with van der Waals surface area (Å²) in [7, 11) is 0. The molecular formula is C14H20N4OS. The highest BCUT2D eigenvalue weighted by Crippen LogP contribution is 2.16. The fraction of sp³-hybridized carbons (Fsp3) is 0.571. The Hall–Kier alpha value is -1.24. The number of hydrogen-bond acceptors (Lipinski definition) is 6. The van der Waals surface area contributed by atoms with Gasteiger partial charge in [0.25, 0.3) is 0 Å². The van der Waals surface area contributed by atoms with Gasteiger partial charge in [0.15, 0.2) is 5.82 Å². The van der Waals surface area contributed by atoms with Crippen LogP contribution >= 0.6 is 11.3 Å². The van der Waals surface area contributed by atoms with Crippen LogP contribution in [0.1, 0.15) is 42.6 Å². The van der Waals surface area contributed by atoms with E-state index < -0.39 is 0 Å². The van der Waals surface area contributed by atoms with Gasteiger partial charge in [0.05, 0.1) is 12.5 Å². The van der Waals surface area contributed by atoms with E-state index in [1.807, 2.05) is 0 Å². The molecule has 0 bridgehead atoms. The summed E-state index contributed by atoms with van der Waals surface area (Å²) in [5.74, 6) is 1.27. The molecule has 0 aliphatic carbocycles. The minimum atomic E-state index is -0.159. The van der Waals surface area contributed by atoms with Gasteiger partial charge in [-0.05, 0) is 48.3 Å². The minimum absolute atomic E-state index is 0.159. The van der Waals surface area contributed by atoms with Crippen LogP contribution in [0.15, 0.2) is 21.3 Å². The van der Waals surface area contributed by atoms with E-state index in [-0.39, 0.29) is 6.04 Å². The molecule has 1 aliphatic heterocycles. The van der Waals surface area contributed by atoms with Crippen LogP contribution in [0.4, 0.5) is 0 Å². The quantitative estimate of drug-likeness (QED) is 0.915. The van der Waals surface area contributed by atoms with Crippen molar-refractivity contribution in [3.8, 4) is 0 Å². The maximum absolute atomic E-state index is 6.19. The number of likely N-dealkylation sites (tertiary alicyclic amines) is 1. The van der Waals surface area contributed by atoms with Crippen LogP contribution in [-0.4, -0.2) is 34.7 Å². The van der Waals surface area contributed by atoms with Crippen molar-refractivity contribution in [1.82, 2.24) is 15.0 Å². The fourth-order valence-corrected chi connectivity index (χ4v) is 3.23. The Bertz CT molecular complexity index is 519. The highest BCUT2D eigenvalue weighted by Gasteiger charge is 2.19. The summed E-state index contributed by atoms with van der Waals surface area (Å²) in [5.41, 5.74) is 7.39. The van der Waals surface area contributed by atoms with Crippen molar-refractivity contribution >= 4 is 11.3 Å². The smallest absolute Gasteiger partial charge is 0.231 e. The summed E-state index contributed by atoms with van der Waals surface area (Å²) in [6.07, 6.45) is 4.55. The lowest BCUT2D eigenvalue weighted by Crippen LogP contribution is -2.36. The molecule has 1 fully saturated rings. The number of thiophene rings is 1. The molecule has 2 N–H and O–H groups in total. The first-order valence-corrected chi connectivity index (χ1v) is 8.07. The molecule has 0 saturated carbocycles. The molecule has 1 unspecified atom stereocenters. The van der Waals surface area contributed by atoms with E-state index >= 15 is 0 Å². The number of nitrogens with two attached hydrogens (primary N) is 1. The third-order valence-corrected chi connectivity index (χ3v) is 4.39. The van der Waals surface area contributed by atoms with Crippen molar-refractivity contribution in [3.05, 3.63) is 34.1 Å². The molecule has 3 rings (SSSR count). The Morgan fingerprint density at radius 1 is 1.35 bits per heavy atom. The van der Waals surface area contributed by atoms with Gasteiger partial charge in [-0.3, -0.25) is 0 Å². The van der Waals surface area contributed by atoms with E-state index in [9.17, 15) is 0 Å². The lowest BCUT2D eigenvalue weighted by molar-refractivity contribution is 0.213. The lowest BCUT2D eigenvalue weighted by Gasteiger charge is -2.27. The zero-order valence-corrected chi connectivity index (χ0v) is 12.3. The van der Waals surface area contributed by atoms with Gasteiger partial charge in [0.1, 0.15) is 0 Å². The van der Waals surface area contributed by atoms with E-state index in [0.717, 1.165) is 19.6 Å². The van der Waals surface area contributed by atoms with Gasteiger partial charge in [-0.2, -0.15) is 16.3 Å². The topological polar surface area (TPSA) is 68.2 Å². The van der Waals surface area contributed by atoms with Gasteiger partial charge >= 0.3 is 0 Å². The number of hydrogen-bond donors (Lipinski definition) is 1. The normalized spacial score (nSPS) is 18.2. The van der Waals surface area contributed by atoms with Gasteiger partial charge in [-0.25, -0.2) is 0 Å². The zero-order valence-electron chi connectivity index (χ0n) is 11.5. The molecule has 1 atom stereocenters. The lowest BCUT2D eigenvalue weighted by atomic mass is 10.1. The Morgan fingerprint density at radius 2 is 2.20 bits per heavy atom. The second kappa shape index (κ2) is 6.47. The third kappa shape index (κ3) is 3.45. The van der Waals surface area contributed by atoms with Gasteiger partial charge < -0.3 is 15.2 Å². The molecule has 20 heavy (non-hydrogen) atoms. The molecule has 0 radical (unpaired) electrons. The van der Waals surface area contributed by atoms with Crippen LogP contribution in [-0.2, 0) is 6.42 Å². The molecule has 1 saturated heterocycles. The monoisotopic (exact) mass is 292 g/mol. The number of nitrogens with zero attached hydrogens (tertiary/aromatic N) is 3. The van der Waals surface area contributed by atoms with Gasteiger partial charge in [0, 0.05) is 6.54 Å². The van der Waals surface area contributed by atoms with Crippen LogP contribution in [0, 0.1) is 0 Å². The molecule has 5 nitrogen and oxygen atoms in total. The van der Waals surface area contributed by atoms with Gasteiger partial charge in [-0.15, -0.1) is 0 Å². The summed E-state index contributed by atoms with van der Waals surface area (Å²) in [5, 5.41) is 8.17. The summed E-state index contributed by atoms with van der Waals surface area (Å²) in [6, 6.07) is 1.91. The summed E-state index contributed by atoms with van der Waals surface area (Å²) >= 11 is 1.67. The van der Waals surface area contributed by atoms with E-state index in [4.69, 9.17) is 10.3 Å². The molecule has 3 heterocycles. The number of aromatic nitrogens is 2. The van der Waals surface area contributed by atoms with Crippen LogP contribution in [0.3, 0.4) is 0 Å². The minimum Gasteiger partial charge on any atom is -0.339 e. The Labute approximate surface area is 122 Å². The van der Waals surface area contributed by atoms with E-state index in [0.29, 0.717) is 18.1 Å². The molecule has 0 spiro atoms. The Morgan fingerprint density at radius 3 is 2.95 bits per heavy atom. The SMILES string of the molecule is NC(CN1CCCCC1)c1noc(Cc2ccsc2)n1. The maximum atomic E-state index is 6.19. The van der Waals surface area contributed by atoms with E-state index in [1.165, 1.54) is 24.8 Å². The average molecular weight is 292 g/mol. The van der Waals surface area contributed by atoms with Crippen molar-refractivity contribution in [3.63, 3.8) is 0 Å². The van der Waals surface area contributed by atoms with Crippen LogP contribution < -0.4 is 5.73 Å². The first-order chi connectivity index (χ1) is 9.81. The average Bonchev–Trinajstić information content (AvgIpc) is 3.12. The number of rotatable bonds is 5. The second-order valence-corrected chi connectivity index (χ2v) is 6.10. The molecule has 108 valence electrons. The molecule has 6 heteroatoms. The summed E-state index contributed by atoms with van der Waals surface area (Å²) in [4.78, 5) is 6.82. The van der Waals surface area contributed by atoms with Crippen molar-refractivity contribution in [2.75, 3.05) is 19.6 Å². The first-order valence-electron chi connectivity index (χ1n) is 7.13. The highest BCUT2D eigenvalue weighted by molar-refractivity contribution is 7.07. The van der Waals surface area contributed by atoms with E-state index in [2.05, 4.69) is 31.9 Å². The number of piperidine rings is 1. The summed E-state index contributed by atoms with van der Waals surface area (Å²) < 4.78 is 5.29. The molecule has 1 aliphatic rings.